The minimum Gasteiger partial charge on any atom is -0.386 e. The number of aliphatic hydroxyl groups excluding tert-OH is 1. The Balaban J connectivity index is 2.58. The van der Waals surface area contributed by atoms with E-state index in [-0.39, 0.29) is 23.8 Å². The molecule has 0 heterocycles. The normalized spacial score (nSPS) is 12.7. The van der Waals surface area contributed by atoms with E-state index in [4.69, 9.17) is 16.7 Å². The van der Waals surface area contributed by atoms with Crippen molar-refractivity contribution < 1.29 is 18.8 Å². The number of hydrogen-bond donors (Lipinski definition) is 2. The van der Waals surface area contributed by atoms with Crippen molar-refractivity contribution in [2.45, 2.75) is 19.1 Å². The highest BCUT2D eigenvalue weighted by atomic mass is 35.5. The molecule has 0 amide bonds. The van der Waals surface area contributed by atoms with Crippen LogP contribution in [0.15, 0.2) is 18.2 Å². The van der Waals surface area contributed by atoms with Gasteiger partial charge in [0.15, 0.2) is 0 Å². The minimum absolute atomic E-state index is 0.0105. The molecular weight excluding hydrogens is 270 g/mol. The highest BCUT2D eigenvalue weighted by Crippen LogP contribution is 2.24. The van der Waals surface area contributed by atoms with Crippen LogP contribution in [0.5, 0.6) is 0 Å². The quantitative estimate of drug-likeness (QED) is 0.617. The molecule has 100 valence electrons. The van der Waals surface area contributed by atoms with Gasteiger partial charge in [0.2, 0.25) is 0 Å². The van der Waals surface area contributed by atoms with Gasteiger partial charge in [-0.2, -0.15) is 0 Å². The fraction of sp³-hybridized carbons (Fsp3) is 0.400. The van der Waals surface area contributed by atoms with Crippen LogP contribution in [-0.4, -0.2) is 29.1 Å². The Hall–Kier alpha value is -1.31. The molecule has 0 aromatic heterocycles. The van der Waals surface area contributed by atoms with Crippen LogP contribution in [0.2, 0.25) is 5.02 Å². The van der Waals surface area contributed by atoms with Crippen LogP contribution in [0.1, 0.15) is 5.56 Å². The van der Waals surface area contributed by atoms with Gasteiger partial charge in [-0.05, 0) is 11.6 Å². The van der Waals surface area contributed by atoms with Crippen molar-refractivity contribution in [1.29, 1.82) is 0 Å². The zero-order valence-corrected chi connectivity index (χ0v) is 9.90. The highest BCUT2D eigenvalue weighted by Gasteiger charge is 2.16. The molecule has 1 aromatic rings. The second-order valence-electron chi connectivity index (χ2n) is 3.58. The number of nitro groups is 1. The summed E-state index contributed by atoms with van der Waals surface area (Å²) in [6.45, 7) is -0.171. The van der Waals surface area contributed by atoms with Gasteiger partial charge < -0.3 is 10.4 Å². The van der Waals surface area contributed by atoms with Crippen molar-refractivity contribution in [1.82, 2.24) is 5.32 Å². The van der Waals surface area contributed by atoms with E-state index in [2.05, 4.69) is 5.32 Å². The smallest absolute Gasteiger partial charge is 0.288 e. The van der Waals surface area contributed by atoms with Gasteiger partial charge in [-0.25, -0.2) is 8.78 Å². The molecule has 8 heteroatoms. The average Bonchev–Trinajstić information content (AvgIpc) is 2.30. The molecule has 0 fully saturated rings. The van der Waals surface area contributed by atoms with Gasteiger partial charge in [0, 0.05) is 19.2 Å². The molecule has 2 N–H and O–H groups in total. The van der Waals surface area contributed by atoms with Crippen LogP contribution in [-0.2, 0) is 6.54 Å². The van der Waals surface area contributed by atoms with E-state index in [9.17, 15) is 18.9 Å². The molecule has 0 saturated heterocycles. The number of halogens is 3. The van der Waals surface area contributed by atoms with E-state index in [1.54, 1.807) is 0 Å². The summed E-state index contributed by atoms with van der Waals surface area (Å²) >= 11 is 5.62. The lowest BCUT2D eigenvalue weighted by Gasteiger charge is -2.10. The summed E-state index contributed by atoms with van der Waals surface area (Å²) in [5.74, 6) is 0. The van der Waals surface area contributed by atoms with E-state index >= 15 is 0 Å². The summed E-state index contributed by atoms with van der Waals surface area (Å²) in [4.78, 5) is 9.98. The second-order valence-corrected chi connectivity index (χ2v) is 3.98. The molecule has 5 nitrogen and oxygen atoms in total. The number of alkyl halides is 2. The van der Waals surface area contributed by atoms with Crippen molar-refractivity contribution in [3.05, 3.63) is 38.9 Å². The van der Waals surface area contributed by atoms with Crippen molar-refractivity contribution in [2.24, 2.45) is 0 Å². The predicted molar refractivity (Wildman–Crippen MR) is 61.8 cm³/mol. The molecular formula is C10H11ClF2N2O3. The van der Waals surface area contributed by atoms with Gasteiger partial charge >= 0.3 is 0 Å². The second kappa shape index (κ2) is 6.58. The van der Waals surface area contributed by atoms with Gasteiger partial charge in [-0.1, -0.05) is 17.7 Å². The Morgan fingerprint density at radius 1 is 1.50 bits per heavy atom. The number of benzene rings is 1. The summed E-state index contributed by atoms with van der Waals surface area (Å²) in [7, 11) is 0. The van der Waals surface area contributed by atoms with Crippen LogP contribution in [0.3, 0.4) is 0 Å². The number of nitro benzene ring substituents is 1. The van der Waals surface area contributed by atoms with Crippen LogP contribution >= 0.6 is 11.6 Å². The Kier molecular flexibility index (Phi) is 5.39. The van der Waals surface area contributed by atoms with Crippen molar-refractivity contribution in [2.75, 3.05) is 6.54 Å². The van der Waals surface area contributed by atoms with Crippen LogP contribution in [0.4, 0.5) is 14.5 Å². The Morgan fingerprint density at radius 3 is 2.72 bits per heavy atom. The summed E-state index contributed by atoms with van der Waals surface area (Å²) in [6, 6.07) is 4.15. The Labute approximate surface area is 107 Å². The summed E-state index contributed by atoms with van der Waals surface area (Å²) in [6.07, 6.45) is -4.58. The summed E-state index contributed by atoms with van der Waals surface area (Å²) < 4.78 is 24.0. The molecule has 0 aliphatic rings. The molecule has 0 aliphatic heterocycles. The van der Waals surface area contributed by atoms with Crippen molar-refractivity contribution >= 4 is 17.3 Å². The molecule has 1 aromatic carbocycles. The van der Waals surface area contributed by atoms with Gasteiger partial charge in [0.05, 0.1) is 4.92 Å². The van der Waals surface area contributed by atoms with Gasteiger partial charge in [0.1, 0.15) is 11.1 Å². The van der Waals surface area contributed by atoms with E-state index in [1.807, 2.05) is 0 Å². The maximum atomic E-state index is 12.0. The largest absolute Gasteiger partial charge is 0.386 e. The number of nitrogens with zero attached hydrogens (tertiary/aromatic N) is 1. The maximum Gasteiger partial charge on any atom is 0.288 e. The predicted octanol–water partition coefficient (Wildman–Crippen LogP) is 1.96. The fourth-order valence-electron chi connectivity index (χ4n) is 1.26. The number of aliphatic hydroxyl groups is 1. The number of hydrogen-bond acceptors (Lipinski definition) is 4. The minimum atomic E-state index is -2.82. The zero-order valence-electron chi connectivity index (χ0n) is 9.15. The fourth-order valence-corrected chi connectivity index (χ4v) is 1.45. The van der Waals surface area contributed by atoms with Gasteiger partial charge in [-0.3, -0.25) is 10.1 Å². The molecule has 0 saturated carbocycles. The first-order valence-electron chi connectivity index (χ1n) is 5.01. The van der Waals surface area contributed by atoms with Crippen molar-refractivity contribution in [3.63, 3.8) is 0 Å². The monoisotopic (exact) mass is 280 g/mol. The zero-order chi connectivity index (χ0) is 13.7. The number of nitrogens with one attached hydrogen (secondary N) is 1. The van der Waals surface area contributed by atoms with Gasteiger partial charge in [-0.15, -0.1) is 0 Å². The Bertz CT molecular complexity index is 432. The first kappa shape index (κ1) is 14.7. The highest BCUT2D eigenvalue weighted by molar-refractivity contribution is 6.32. The topological polar surface area (TPSA) is 75.4 Å². The third kappa shape index (κ3) is 4.17. The first-order valence-corrected chi connectivity index (χ1v) is 5.39. The Morgan fingerprint density at radius 2 is 2.17 bits per heavy atom. The molecule has 0 aliphatic carbocycles. The third-order valence-corrected chi connectivity index (χ3v) is 2.50. The SMILES string of the molecule is O=[N+]([O-])c1cc(CNCC(O)C(F)F)ccc1Cl. The number of rotatable bonds is 6. The van der Waals surface area contributed by atoms with Crippen LogP contribution in [0.25, 0.3) is 0 Å². The molecule has 1 unspecified atom stereocenters. The standard InChI is InChI=1S/C10H11ClF2N2O3/c11-7-2-1-6(3-8(7)15(17)18)4-14-5-9(16)10(12)13/h1-3,9-10,14,16H,4-5H2. The van der Waals surface area contributed by atoms with Crippen LogP contribution in [0, 0.1) is 10.1 Å². The molecule has 0 bridgehead atoms. The van der Waals surface area contributed by atoms with Crippen LogP contribution < -0.4 is 5.32 Å². The summed E-state index contributed by atoms with van der Waals surface area (Å²) in [5.41, 5.74) is 0.276. The van der Waals surface area contributed by atoms with E-state index in [1.165, 1.54) is 18.2 Å². The van der Waals surface area contributed by atoms with Crippen molar-refractivity contribution in [3.8, 4) is 0 Å². The average molecular weight is 281 g/mol. The molecule has 1 atom stereocenters. The molecule has 0 radical (unpaired) electrons. The summed E-state index contributed by atoms with van der Waals surface area (Å²) in [5, 5.41) is 22.0. The van der Waals surface area contributed by atoms with E-state index < -0.39 is 17.5 Å². The maximum absolute atomic E-state index is 12.0. The molecule has 18 heavy (non-hydrogen) atoms. The van der Waals surface area contributed by atoms with E-state index in [0.29, 0.717) is 5.56 Å². The molecule has 0 spiro atoms. The first-order chi connectivity index (χ1) is 8.41. The van der Waals surface area contributed by atoms with E-state index in [0.717, 1.165) is 0 Å². The lowest BCUT2D eigenvalue weighted by atomic mass is 10.2. The molecule has 1 rings (SSSR count). The lowest BCUT2D eigenvalue weighted by molar-refractivity contribution is -0.384. The van der Waals surface area contributed by atoms with Gasteiger partial charge in [0.25, 0.3) is 12.1 Å². The third-order valence-electron chi connectivity index (χ3n) is 2.18. The lowest BCUT2D eigenvalue weighted by Crippen LogP contribution is -2.31.